The first-order chi connectivity index (χ1) is 9.39. The molecule has 0 radical (unpaired) electrons. The normalized spacial score (nSPS) is 23.0. The molecule has 0 atom stereocenters. The van der Waals surface area contributed by atoms with E-state index in [9.17, 15) is 0 Å². The lowest BCUT2D eigenvalue weighted by molar-refractivity contribution is 0.0393. The second kappa shape index (κ2) is 7.44. The van der Waals surface area contributed by atoms with Gasteiger partial charge in [0.15, 0.2) is 0 Å². The Morgan fingerprint density at radius 3 is 2.25 bits per heavy atom. The Morgan fingerprint density at radius 2 is 1.60 bits per heavy atom. The molecule has 0 aromatic heterocycles. The molecule has 0 spiro atoms. The third-order valence-corrected chi connectivity index (χ3v) is 4.95. The van der Waals surface area contributed by atoms with Crippen molar-refractivity contribution in [1.29, 1.82) is 0 Å². The van der Waals surface area contributed by atoms with Gasteiger partial charge >= 0.3 is 0 Å². The zero-order valence-corrected chi connectivity index (χ0v) is 13.1. The van der Waals surface area contributed by atoms with Gasteiger partial charge in [-0.05, 0) is 24.8 Å². The largest absolute Gasteiger partial charge is 0.314 e. The van der Waals surface area contributed by atoms with E-state index >= 15 is 0 Å². The number of halogens is 1. The molecule has 2 fully saturated rings. The smallest absolute Gasteiger partial charge is 0.0250 e. The first-order valence-corrected chi connectivity index (χ1v) is 7.89. The number of nitrogens with one attached hydrogen (secondary N) is 1. The summed E-state index contributed by atoms with van der Waals surface area (Å²) in [4.78, 5) is 2.79. The van der Waals surface area contributed by atoms with E-state index in [2.05, 4.69) is 40.5 Å². The predicted octanol–water partition coefficient (Wildman–Crippen LogP) is 3.26. The van der Waals surface area contributed by atoms with Crippen LogP contribution in [-0.4, -0.2) is 36.6 Å². The highest BCUT2D eigenvalue weighted by molar-refractivity contribution is 5.85. The minimum Gasteiger partial charge on any atom is -0.314 e. The molecular weight excluding hydrogens is 268 g/mol. The van der Waals surface area contributed by atoms with Gasteiger partial charge in [-0.2, -0.15) is 0 Å². The molecule has 0 amide bonds. The number of nitrogens with zero attached hydrogens (tertiary/aromatic N) is 1. The maximum absolute atomic E-state index is 3.49. The molecule has 1 saturated heterocycles. The fourth-order valence-electron chi connectivity index (χ4n) is 3.93. The highest BCUT2D eigenvalue weighted by Crippen LogP contribution is 2.36. The molecule has 3 heteroatoms. The van der Waals surface area contributed by atoms with Crippen LogP contribution in [0.2, 0.25) is 0 Å². The van der Waals surface area contributed by atoms with Crippen molar-refractivity contribution in [2.45, 2.75) is 44.1 Å². The van der Waals surface area contributed by atoms with Gasteiger partial charge in [0.05, 0.1) is 0 Å². The van der Waals surface area contributed by atoms with E-state index in [-0.39, 0.29) is 12.4 Å². The highest BCUT2D eigenvalue weighted by Gasteiger charge is 2.38. The first-order valence-electron chi connectivity index (χ1n) is 7.89. The van der Waals surface area contributed by atoms with E-state index in [0.717, 1.165) is 13.1 Å². The lowest BCUT2D eigenvalue weighted by Crippen LogP contribution is -2.58. The minimum absolute atomic E-state index is 0. The molecule has 1 N–H and O–H groups in total. The van der Waals surface area contributed by atoms with E-state index in [1.54, 1.807) is 0 Å². The Labute approximate surface area is 129 Å². The van der Waals surface area contributed by atoms with Crippen LogP contribution in [0.5, 0.6) is 0 Å². The zero-order valence-electron chi connectivity index (χ0n) is 12.3. The van der Waals surface area contributed by atoms with Crippen molar-refractivity contribution in [2.24, 2.45) is 0 Å². The summed E-state index contributed by atoms with van der Waals surface area (Å²) >= 11 is 0. The van der Waals surface area contributed by atoms with Gasteiger partial charge in [-0.3, -0.25) is 4.90 Å². The fraction of sp³-hybridized carbons (Fsp3) is 0.647. The molecule has 2 nitrogen and oxygen atoms in total. The van der Waals surface area contributed by atoms with E-state index in [4.69, 9.17) is 0 Å². The van der Waals surface area contributed by atoms with Gasteiger partial charge in [0.25, 0.3) is 0 Å². The van der Waals surface area contributed by atoms with Crippen molar-refractivity contribution < 1.29 is 0 Å². The van der Waals surface area contributed by atoms with Crippen LogP contribution >= 0.6 is 12.4 Å². The van der Waals surface area contributed by atoms with Crippen molar-refractivity contribution in [3.05, 3.63) is 35.9 Å². The van der Waals surface area contributed by atoms with E-state index in [0.29, 0.717) is 5.54 Å². The number of piperazine rings is 1. The number of hydrogen-bond acceptors (Lipinski definition) is 2. The Morgan fingerprint density at radius 1 is 0.950 bits per heavy atom. The molecule has 20 heavy (non-hydrogen) atoms. The van der Waals surface area contributed by atoms with E-state index < -0.39 is 0 Å². The molecule has 3 rings (SSSR count). The van der Waals surface area contributed by atoms with Crippen molar-refractivity contribution in [1.82, 2.24) is 10.2 Å². The SMILES string of the molecule is Cl.c1ccc(CC2(N3CCNCC3)CCCCC2)cc1. The lowest BCUT2D eigenvalue weighted by atomic mass is 9.76. The quantitative estimate of drug-likeness (QED) is 0.920. The molecule has 112 valence electrons. The highest BCUT2D eigenvalue weighted by atomic mass is 35.5. The molecule has 2 aliphatic rings. The van der Waals surface area contributed by atoms with Crippen LogP contribution in [0, 0.1) is 0 Å². The first kappa shape index (κ1) is 15.8. The van der Waals surface area contributed by atoms with Gasteiger partial charge in [0.2, 0.25) is 0 Å². The van der Waals surface area contributed by atoms with Crippen molar-refractivity contribution >= 4 is 12.4 Å². The minimum atomic E-state index is 0. The second-order valence-electron chi connectivity index (χ2n) is 6.18. The fourth-order valence-corrected chi connectivity index (χ4v) is 3.93. The zero-order chi connectivity index (χ0) is 13.0. The monoisotopic (exact) mass is 294 g/mol. The molecule has 0 unspecified atom stereocenters. The van der Waals surface area contributed by atoms with Gasteiger partial charge in [-0.15, -0.1) is 12.4 Å². The van der Waals surface area contributed by atoms with Crippen LogP contribution in [0.1, 0.15) is 37.7 Å². The van der Waals surface area contributed by atoms with E-state index in [1.165, 1.54) is 57.2 Å². The molecule has 0 bridgehead atoms. The molecule has 1 aromatic carbocycles. The summed E-state index contributed by atoms with van der Waals surface area (Å²) in [5, 5.41) is 3.49. The summed E-state index contributed by atoms with van der Waals surface area (Å²) in [6.07, 6.45) is 8.29. The Balaban J connectivity index is 0.00000147. The molecule has 1 aliphatic carbocycles. The summed E-state index contributed by atoms with van der Waals surface area (Å²) in [5.41, 5.74) is 1.96. The Bertz CT molecular complexity index is 381. The summed E-state index contributed by atoms with van der Waals surface area (Å²) in [5.74, 6) is 0. The molecule has 1 saturated carbocycles. The van der Waals surface area contributed by atoms with Crippen LogP contribution in [0.25, 0.3) is 0 Å². The third-order valence-electron chi connectivity index (χ3n) is 4.95. The molecule has 1 heterocycles. The van der Waals surface area contributed by atoms with Crippen LogP contribution in [-0.2, 0) is 6.42 Å². The van der Waals surface area contributed by atoms with Crippen LogP contribution < -0.4 is 5.32 Å². The molecular formula is C17H27ClN2. The van der Waals surface area contributed by atoms with Crippen LogP contribution in [0.15, 0.2) is 30.3 Å². The Kier molecular flexibility index (Phi) is 5.88. The maximum atomic E-state index is 3.49. The average molecular weight is 295 g/mol. The van der Waals surface area contributed by atoms with Crippen LogP contribution in [0.4, 0.5) is 0 Å². The van der Waals surface area contributed by atoms with Gasteiger partial charge in [0.1, 0.15) is 0 Å². The molecule has 1 aliphatic heterocycles. The Hall–Kier alpha value is -0.570. The van der Waals surface area contributed by atoms with Crippen LogP contribution in [0.3, 0.4) is 0 Å². The van der Waals surface area contributed by atoms with Gasteiger partial charge in [0, 0.05) is 31.7 Å². The summed E-state index contributed by atoms with van der Waals surface area (Å²) in [6.45, 7) is 4.78. The van der Waals surface area contributed by atoms with Crippen molar-refractivity contribution in [2.75, 3.05) is 26.2 Å². The number of rotatable bonds is 3. The summed E-state index contributed by atoms with van der Waals surface area (Å²) in [6, 6.07) is 11.1. The molecule has 1 aromatic rings. The summed E-state index contributed by atoms with van der Waals surface area (Å²) < 4.78 is 0. The predicted molar refractivity (Wildman–Crippen MR) is 87.7 cm³/mol. The average Bonchev–Trinajstić information content (AvgIpc) is 2.50. The van der Waals surface area contributed by atoms with Gasteiger partial charge in [-0.1, -0.05) is 49.6 Å². The van der Waals surface area contributed by atoms with Gasteiger partial charge < -0.3 is 5.32 Å². The second-order valence-corrected chi connectivity index (χ2v) is 6.18. The van der Waals surface area contributed by atoms with E-state index in [1.807, 2.05) is 0 Å². The maximum Gasteiger partial charge on any atom is 0.0250 e. The standard InChI is InChI=1S/C17H26N2.ClH/c1-3-7-16(8-4-1)15-17(9-5-2-6-10-17)19-13-11-18-12-14-19;/h1,3-4,7-8,18H,2,5-6,9-15H2;1H. The van der Waals surface area contributed by atoms with Crippen molar-refractivity contribution in [3.8, 4) is 0 Å². The lowest BCUT2D eigenvalue weighted by Gasteiger charge is -2.48. The topological polar surface area (TPSA) is 15.3 Å². The van der Waals surface area contributed by atoms with Crippen molar-refractivity contribution in [3.63, 3.8) is 0 Å². The third kappa shape index (κ3) is 3.55. The summed E-state index contributed by atoms with van der Waals surface area (Å²) in [7, 11) is 0. The number of benzene rings is 1. The van der Waals surface area contributed by atoms with Gasteiger partial charge in [-0.25, -0.2) is 0 Å². The number of hydrogen-bond donors (Lipinski definition) is 1.